The Morgan fingerprint density at radius 1 is 1.19 bits per heavy atom. The fraction of sp³-hybridized carbons (Fsp3) is 0.556. The molecule has 26 heavy (non-hydrogen) atoms. The van der Waals surface area contributed by atoms with E-state index in [1.807, 2.05) is 20.8 Å². The zero-order valence-electron chi connectivity index (χ0n) is 15.4. The Balaban J connectivity index is 1.86. The van der Waals surface area contributed by atoms with E-state index in [0.29, 0.717) is 18.8 Å². The van der Waals surface area contributed by atoms with Gasteiger partial charge < -0.3 is 10.6 Å². The number of nitrogens with zero attached hydrogens (tertiary/aromatic N) is 2. The molecule has 1 atom stereocenters. The Kier molecular flexibility index (Phi) is 6.68. The molecular formula is C18H26N4O4. The average molecular weight is 362 g/mol. The lowest BCUT2D eigenvalue weighted by molar-refractivity contribution is -0.384. The first kappa shape index (κ1) is 19.8. The molecule has 2 amide bonds. The third-order valence-corrected chi connectivity index (χ3v) is 4.65. The second-order valence-electron chi connectivity index (χ2n) is 6.95. The molecule has 2 rings (SSSR count). The number of likely N-dealkylation sites (tertiary alicyclic amines) is 1. The Morgan fingerprint density at radius 2 is 1.85 bits per heavy atom. The van der Waals surface area contributed by atoms with Crippen LogP contribution in [0, 0.1) is 16.0 Å². The van der Waals surface area contributed by atoms with Crippen molar-refractivity contribution in [2.45, 2.75) is 45.7 Å². The molecule has 1 unspecified atom stereocenters. The number of hydrogen-bond donors (Lipinski definition) is 2. The molecule has 1 fully saturated rings. The molecule has 1 aliphatic rings. The van der Waals surface area contributed by atoms with E-state index in [2.05, 4.69) is 15.5 Å². The van der Waals surface area contributed by atoms with E-state index >= 15 is 0 Å². The molecule has 0 bridgehead atoms. The molecule has 0 spiro atoms. The lowest BCUT2D eigenvalue weighted by atomic mass is 10.0. The summed E-state index contributed by atoms with van der Waals surface area (Å²) in [6.45, 7) is 6.98. The molecule has 2 N–H and O–H groups in total. The minimum atomic E-state index is -0.491. The van der Waals surface area contributed by atoms with Crippen molar-refractivity contribution < 1.29 is 14.5 Å². The van der Waals surface area contributed by atoms with Crippen molar-refractivity contribution in [1.82, 2.24) is 10.2 Å². The molecule has 1 saturated heterocycles. The number of carbonyl (C=O) groups excluding carboxylic acids is 2. The maximum atomic E-state index is 12.4. The minimum Gasteiger partial charge on any atom is -0.353 e. The Bertz CT molecular complexity index is 669. The second kappa shape index (κ2) is 8.75. The maximum Gasteiger partial charge on any atom is 0.271 e. The zero-order valence-corrected chi connectivity index (χ0v) is 15.4. The molecular weight excluding hydrogens is 336 g/mol. The molecule has 8 nitrogen and oxygen atoms in total. The third-order valence-electron chi connectivity index (χ3n) is 4.65. The number of benzene rings is 1. The summed E-state index contributed by atoms with van der Waals surface area (Å²) in [7, 11) is 0. The van der Waals surface area contributed by atoms with Gasteiger partial charge in [0.2, 0.25) is 11.8 Å². The molecule has 0 aromatic heterocycles. The largest absolute Gasteiger partial charge is 0.353 e. The van der Waals surface area contributed by atoms with E-state index in [9.17, 15) is 19.7 Å². The standard InChI is InChI=1S/C18H26N4O4/c1-12(2)17(23)19-14-7-9-21(10-8-14)13(3)18(24)20-15-5-4-6-16(11-15)22(25)26/h4-6,11-14H,7-10H2,1-3H3,(H,19,23)(H,20,24). The van der Waals surface area contributed by atoms with Crippen LogP contribution in [0.5, 0.6) is 0 Å². The summed E-state index contributed by atoms with van der Waals surface area (Å²) in [5.41, 5.74) is 0.354. The summed E-state index contributed by atoms with van der Waals surface area (Å²) in [4.78, 5) is 36.6. The van der Waals surface area contributed by atoms with Gasteiger partial charge in [-0.3, -0.25) is 24.6 Å². The number of amides is 2. The van der Waals surface area contributed by atoms with Crippen LogP contribution in [0.25, 0.3) is 0 Å². The number of hydrogen-bond acceptors (Lipinski definition) is 5. The lowest BCUT2D eigenvalue weighted by Gasteiger charge is -2.35. The first-order valence-electron chi connectivity index (χ1n) is 8.87. The summed E-state index contributed by atoms with van der Waals surface area (Å²) in [5, 5.41) is 16.6. The molecule has 8 heteroatoms. The number of piperidine rings is 1. The quantitative estimate of drug-likeness (QED) is 0.596. The van der Waals surface area contributed by atoms with Crippen molar-refractivity contribution in [2.24, 2.45) is 5.92 Å². The van der Waals surface area contributed by atoms with E-state index in [1.165, 1.54) is 12.1 Å². The van der Waals surface area contributed by atoms with Crippen molar-refractivity contribution in [3.8, 4) is 0 Å². The van der Waals surface area contributed by atoms with Crippen molar-refractivity contribution >= 4 is 23.2 Å². The highest BCUT2D eigenvalue weighted by Gasteiger charge is 2.27. The molecule has 1 aliphatic heterocycles. The van der Waals surface area contributed by atoms with Crippen LogP contribution in [-0.4, -0.2) is 46.8 Å². The van der Waals surface area contributed by atoms with Gasteiger partial charge in [-0.2, -0.15) is 0 Å². The number of nitro benzene ring substituents is 1. The number of carbonyl (C=O) groups is 2. The lowest BCUT2D eigenvalue weighted by Crippen LogP contribution is -2.50. The van der Waals surface area contributed by atoms with Crippen LogP contribution in [0.2, 0.25) is 0 Å². The predicted molar refractivity (Wildman–Crippen MR) is 98.8 cm³/mol. The topological polar surface area (TPSA) is 105 Å². The van der Waals surface area contributed by atoms with E-state index in [-0.39, 0.29) is 35.5 Å². The summed E-state index contributed by atoms with van der Waals surface area (Å²) in [5.74, 6) is -0.178. The van der Waals surface area contributed by atoms with E-state index in [4.69, 9.17) is 0 Å². The Morgan fingerprint density at radius 3 is 2.42 bits per heavy atom. The second-order valence-corrected chi connectivity index (χ2v) is 6.95. The smallest absolute Gasteiger partial charge is 0.271 e. The fourth-order valence-corrected chi connectivity index (χ4v) is 2.91. The zero-order chi connectivity index (χ0) is 19.3. The van der Waals surface area contributed by atoms with Gasteiger partial charge in [-0.1, -0.05) is 19.9 Å². The van der Waals surface area contributed by atoms with E-state index in [0.717, 1.165) is 12.8 Å². The van der Waals surface area contributed by atoms with Gasteiger partial charge in [0.05, 0.1) is 11.0 Å². The number of non-ortho nitro benzene ring substituents is 1. The van der Waals surface area contributed by atoms with Crippen molar-refractivity contribution in [3.63, 3.8) is 0 Å². The first-order chi connectivity index (χ1) is 12.3. The third kappa shape index (κ3) is 5.26. The van der Waals surface area contributed by atoms with Gasteiger partial charge in [0, 0.05) is 42.9 Å². The van der Waals surface area contributed by atoms with Gasteiger partial charge in [0.1, 0.15) is 0 Å². The maximum absolute atomic E-state index is 12.4. The average Bonchev–Trinajstić information content (AvgIpc) is 2.61. The molecule has 1 aromatic rings. The Hall–Kier alpha value is -2.48. The van der Waals surface area contributed by atoms with Gasteiger partial charge in [0.25, 0.3) is 5.69 Å². The van der Waals surface area contributed by atoms with Gasteiger partial charge >= 0.3 is 0 Å². The van der Waals surface area contributed by atoms with Gasteiger partial charge in [-0.05, 0) is 25.8 Å². The van der Waals surface area contributed by atoms with Crippen molar-refractivity contribution in [2.75, 3.05) is 18.4 Å². The SMILES string of the molecule is CC(C)C(=O)NC1CCN(C(C)C(=O)Nc2cccc([N+](=O)[O-])c2)CC1. The molecule has 1 heterocycles. The summed E-state index contributed by atoms with van der Waals surface area (Å²) < 4.78 is 0. The van der Waals surface area contributed by atoms with Gasteiger partial charge in [-0.25, -0.2) is 0 Å². The minimum absolute atomic E-state index is 0.0346. The first-order valence-corrected chi connectivity index (χ1v) is 8.87. The fourth-order valence-electron chi connectivity index (χ4n) is 2.91. The molecule has 142 valence electrons. The van der Waals surface area contributed by atoms with Crippen LogP contribution in [0.15, 0.2) is 24.3 Å². The molecule has 0 radical (unpaired) electrons. The van der Waals surface area contributed by atoms with Crippen LogP contribution in [-0.2, 0) is 9.59 Å². The van der Waals surface area contributed by atoms with Crippen LogP contribution < -0.4 is 10.6 Å². The van der Waals surface area contributed by atoms with Gasteiger partial charge in [-0.15, -0.1) is 0 Å². The number of anilines is 1. The summed E-state index contributed by atoms with van der Waals surface area (Å²) in [6, 6.07) is 5.70. The molecule has 0 aliphatic carbocycles. The number of nitrogens with one attached hydrogen (secondary N) is 2. The van der Waals surface area contributed by atoms with Gasteiger partial charge in [0.15, 0.2) is 0 Å². The molecule has 0 saturated carbocycles. The highest BCUT2D eigenvalue weighted by Crippen LogP contribution is 2.19. The van der Waals surface area contributed by atoms with Crippen molar-refractivity contribution in [1.29, 1.82) is 0 Å². The van der Waals surface area contributed by atoms with E-state index in [1.54, 1.807) is 12.1 Å². The molecule has 1 aromatic carbocycles. The van der Waals surface area contributed by atoms with Crippen LogP contribution in [0.3, 0.4) is 0 Å². The highest BCUT2D eigenvalue weighted by atomic mass is 16.6. The summed E-state index contributed by atoms with van der Waals surface area (Å²) in [6.07, 6.45) is 1.60. The predicted octanol–water partition coefficient (Wildman–Crippen LogP) is 2.16. The Labute approximate surface area is 153 Å². The summed E-state index contributed by atoms with van der Waals surface area (Å²) >= 11 is 0. The van der Waals surface area contributed by atoms with E-state index < -0.39 is 4.92 Å². The van der Waals surface area contributed by atoms with Crippen LogP contribution in [0.1, 0.15) is 33.6 Å². The van der Waals surface area contributed by atoms with Crippen LogP contribution >= 0.6 is 0 Å². The monoisotopic (exact) mass is 362 g/mol. The highest BCUT2D eigenvalue weighted by molar-refractivity contribution is 5.94. The van der Waals surface area contributed by atoms with Crippen LogP contribution in [0.4, 0.5) is 11.4 Å². The van der Waals surface area contributed by atoms with Crippen molar-refractivity contribution in [3.05, 3.63) is 34.4 Å². The number of nitro groups is 1. The number of rotatable bonds is 6. The normalized spacial score (nSPS) is 16.9.